The zero-order valence-electron chi connectivity index (χ0n) is 13.3. The van der Waals surface area contributed by atoms with Crippen LogP contribution in [0.15, 0.2) is 72.1 Å². The molecule has 108 valence electrons. The number of fused-ring (bicyclic) bond motifs is 2. The van der Waals surface area contributed by atoms with E-state index in [1.807, 2.05) is 42.5 Å². The third kappa shape index (κ3) is 3.58. The van der Waals surface area contributed by atoms with E-state index in [0.29, 0.717) is 5.39 Å². The zero-order chi connectivity index (χ0) is 14.9. The van der Waals surface area contributed by atoms with E-state index in [1.165, 1.54) is 6.08 Å². The van der Waals surface area contributed by atoms with Gasteiger partial charge in [0.2, 0.25) is 0 Å². The van der Waals surface area contributed by atoms with Gasteiger partial charge in [0.1, 0.15) is 4.90 Å². The molecule has 3 aromatic carbocycles. The van der Waals surface area contributed by atoms with Crippen LogP contribution in [0.2, 0.25) is 0 Å². The van der Waals surface area contributed by atoms with Crippen LogP contribution in [-0.2, 0) is 14.3 Å². The summed E-state index contributed by atoms with van der Waals surface area (Å²) in [5, 5.41) is 3.61. The first-order valence-electron chi connectivity index (χ1n) is 6.54. The Bertz CT molecular complexity index is 939. The van der Waals surface area contributed by atoms with Crippen molar-refractivity contribution in [3.05, 3.63) is 67.3 Å². The molecule has 0 amide bonds. The molecule has 0 spiro atoms. The topological polar surface area (TPSA) is 43.4 Å². The summed E-state index contributed by atoms with van der Waals surface area (Å²) in [6.07, 6.45) is 1.41. The molecule has 3 aromatic rings. The van der Waals surface area contributed by atoms with Gasteiger partial charge in [-0.15, -0.1) is 6.58 Å². The van der Waals surface area contributed by atoms with Crippen LogP contribution in [0.1, 0.15) is 1.43 Å². The van der Waals surface area contributed by atoms with Gasteiger partial charge in [-0.25, -0.2) is 0 Å². The second-order valence-electron chi connectivity index (χ2n) is 4.70. The molecule has 3 rings (SSSR count). The van der Waals surface area contributed by atoms with Crippen LogP contribution in [0.3, 0.4) is 0 Å². The van der Waals surface area contributed by atoms with Gasteiger partial charge in [0.15, 0.2) is 0 Å². The quantitative estimate of drug-likeness (QED) is 0.383. The maximum Gasteiger partial charge on any atom is 1.00 e. The van der Waals surface area contributed by atoms with Crippen molar-refractivity contribution >= 4 is 31.7 Å². The molecule has 22 heavy (non-hydrogen) atoms. The number of benzene rings is 3. The summed E-state index contributed by atoms with van der Waals surface area (Å²) in [6, 6.07) is 16.9. The minimum absolute atomic E-state index is 0. The van der Waals surface area contributed by atoms with Gasteiger partial charge in [-0.3, -0.25) is 4.18 Å². The van der Waals surface area contributed by atoms with E-state index in [4.69, 9.17) is 4.18 Å². The maximum atomic E-state index is 12.3. The van der Waals surface area contributed by atoms with Crippen molar-refractivity contribution in [1.82, 2.24) is 0 Å². The molecule has 0 heterocycles. The molecular formula is C17H15O3RbS. The van der Waals surface area contributed by atoms with Crippen LogP contribution in [0, 0.1) is 0 Å². The minimum Gasteiger partial charge on any atom is -1.00 e. The fourth-order valence-electron chi connectivity index (χ4n) is 2.36. The zero-order valence-corrected chi connectivity index (χ0v) is 18.1. The van der Waals surface area contributed by atoms with Crippen molar-refractivity contribution in [2.75, 3.05) is 6.61 Å². The summed E-state index contributed by atoms with van der Waals surface area (Å²) in [5.74, 6) is 0. The molecule has 3 nitrogen and oxygen atoms in total. The molecule has 0 fully saturated rings. The smallest absolute Gasteiger partial charge is 1.00 e. The van der Waals surface area contributed by atoms with Gasteiger partial charge in [-0.1, -0.05) is 42.5 Å². The average Bonchev–Trinajstić information content (AvgIpc) is 2.50. The van der Waals surface area contributed by atoms with E-state index < -0.39 is 10.1 Å². The number of hydrogen-bond donors (Lipinski definition) is 0. The van der Waals surface area contributed by atoms with Gasteiger partial charge < -0.3 is 1.43 Å². The first-order chi connectivity index (χ1) is 10.1. The Morgan fingerprint density at radius 1 is 1.00 bits per heavy atom. The number of hydrogen-bond acceptors (Lipinski definition) is 3. The molecule has 0 aliphatic heterocycles. The van der Waals surface area contributed by atoms with Gasteiger partial charge in [-0.2, -0.15) is 8.42 Å². The Balaban J connectivity index is 0.00000132. The monoisotopic (exact) mass is 384 g/mol. The van der Waals surface area contributed by atoms with E-state index in [0.717, 1.165) is 16.2 Å². The third-order valence-corrected chi connectivity index (χ3v) is 4.66. The van der Waals surface area contributed by atoms with Gasteiger partial charge in [0.05, 0.1) is 6.61 Å². The summed E-state index contributed by atoms with van der Waals surface area (Å²) in [5.41, 5.74) is 0. The largest absolute Gasteiger partial charge is 1.00 e. The van der Waals surface area contributed by atoms with Crippen LogP contribution >= 0.6 is 0 Å². The number of rotatable bonds is 4. The molecule has 0 atom stereocenters. The Hall–Kier alpha value is -0.365. The third-order valence-electron chi connectivity index (χ3n) is 3.32. The molecule has 5 heteroatoms. The van der Waals surface area contributed by atoms with Crippen LogP contribution in [-0.4, -0.2) is 15.0 Å². The summed E-state index contributed by atoms with van der Waals surface area (Å²) in [4.78, 5) is 0.188. The van der Waals surface area contributed by atoms with Gasteiger partial charge in [0.25, 0.3) is 10.1 Å². The van der Waals surface area contributed by atoms with E-state index in [-0.39, 0.29) is 71.1 Å². The van der Waals surface area contributed by atoms with Crippen LogP contribution < -0.4 is 58.2 Å². The predicted octanol–water partition coefficient (Wildman–Crippen LogP) is 1.00. The molecule has 0 aliphatic rings. The minimum atomic E-state index is -3.79. The van der Waals surface area contributed by atoms with Crippen molar-refractivity contribution in [3.8, 4) is 0 Å². The summed E-state index contributed by atoms with van der Waals surface area (Å²) >= 11 is 0. The average molecular weight is 385 g/mol. The normalized spacial score (nSPS) is 11.3. The molecular weight excluding hydrogens is 370 g/mol. The second kappa shape index (κ2) is 7.47. The molecule has 0 bridgehead atoms. The first kappa shape index (κ1) is 18.0. The van der Waals surface area contributed by atoms with E-state index in [2.05, 4.69) is 6.58 Å². The van der Waals surface area contributed by atoms with Crippen molar-refractivity contribution in [1.29, 1.82) is 0 Å². The molecule has 0 saturated heterocycles. The Morgan fingerprint density at radius 3 is 2.32 bits per heavy atom. The van der Waals surface area contributed by atoms with E-state index in [1.54, 1.807) is 12.1 Å². The second-order valence-corrected chi connectivity index (χ2v) is 6.29. The molecule has 0 aliphatic carbocycles. The van der Waals surface area contributed by atoms with Gasteiger partial charge in [0, 0.05) is 5.39 Å². The molecule has 0 aromatic heterocycles. The fourth-order valence-corrected chi connectivity index (χ4v) is 3.45. The van der Waals surface area contributed by atoms with Gasteiger partial charge in [-0.05, 0) is 34.4 Å². The molecule has 0 radical (unpaired) electrons. The van der Waals surface area contributed by atoms with Crippen molar-refractivity contribution in [2.24, 2.45) is 0 Å². The first-order valence-corrected chi connectivity index (χ1v) is 7.94. The Labute approximate surface area is 180 Å². The van der Waals surface area contributed by atoms with Crippen molar-refractivity contribution in [2.45, 2.75) is 4.90 Å². The van der Waals surface area contributed by atoms with E-state index in [9.17, 15) is 8.42 Å². The van der Waals surface area contributed by atoms with Crippen molar-refractivity contribution in [3.63, 3.8) is 0 Å². The van der Waals surface area contributed by atoms with E-state index >= 15 is 0 Å². The molecule has 0 saturated carbocycles. The predicted molar refractivity (Wildman–Crippen MR) is 85.9 cm³/mol. The Morgan fingerprint density at radius 2 is 1.64 bits per heavy atom. The maximum absolute atomic E-state index is 12.3. The molecule has 0 unspecified atom stereocenters. The van der Waals surface area contributed by atoms with Crippen molar-refractivity contribution < 1.29 is 72.2 Å². The summed E-state index contributed by atoms with van der Waals surface area (Å²) in [6.45, 7) is 3.44. The van der Waals surface area contributed by atoms with Crippen LogP contribution in [0.5, 0.6) is 0 Å². The van der Waals surface area contributed by atoms with Crippen LogP contribution in [0.25, 0.3) is 21.5 Å². The Kier molecular flexibility index (Phi) is 6.11. The summed E-state index contributed by atoms with van der Waals surface area (Å²) < 4.78 is 29.5. The SMILES string of the molecule is C=CCOS(=O)(=O)c1cccc2cc3ccccc3cc12.[H-].[Rb+]. The molecule has 0 N–H and O–H groups in total. The van der Waals surface area contributed by atoms with Gasteiger partial charge >= 0.3 is 58.2 Å². The summed E-state index contributed by atoms with van der Waals surface area (Å²) in [7, 11) is -3.79. The fraction of sp³-hybridized carbons (Fsp3) is 0.0588. The standard InChI is InChI=1S/C17H14O3S.Rb.H/c1-2-10-20-21(18,19)17-9-5-8-15-11-13-6-3-4-7-14(13)12-16(15)17;;/h2-9,11-12H,1,10H2;;/q;+1;-1. The van der Waals surface area contributed by atoms with Crippen LogP contribution in [0.4, 0.5) is 0 Å².